The van der Waals surface area contributed by atoms with Crippen LogP contribution in [0.5, 0.6) is 11.5 Å². The van der Waals surface area contributed by atoms with Crippen LogP contribution in [0.4, 0.5) is 0 Å². The first-order valence-electron chi connectivity index (χ1n) is 22.2. The van der Waals surface area contributed by atoms with E-state index in [2.05, 4.69) is 67.0 Å². The minimum Gasteiger partial charge on any atom is -0.508 e. The van der Waals surface area contributed by atoms with Crippen molar-refractivity contribution < 1.29 is 31.8 Å². The number of sulfone groups is 2. The van der Waals surface area contributed by atoms with Gasteiger partial charge in [0.2, 0.25) is 0 Å². The highest BCUT2D eigenvalue weighted by molar-refractivity contribution is 7.91. The molecule has 2 fully saturated rings. The van der Waals surface area contributed by atoms with Crippen LogP contribution >= 0.6 is 0 Å². The van der Waals surface area contributed by atoms with E-state index in [1.807, 2.05) is 42.5 Å². The maximum Gasteiger partial charge on any atom is 0.175 e. The monoisotopic (exact) mass is 900 g/mol. The smallest absolute Gasteiger partial charge is 0.175 e. The molecular formula is C50H68N4O7S2. The number of rotatable bonds is 11. The Hall–Kier alpha value is -4.11. The van der Waals surface area contributed by atoms with Crippen molar-refractivity contribution in [3.63, 3.8) is 0 Å². The van der Waals surface area contributed by atoms with Crippen LogP contribution in [0, 0.1) is 0 Å². The predicted molar refractivity (Wildman–Crippen MR) is 251 cm³/mol. The molecule has 0 amide bonds. The normalized spacial score (nSPS) is 25.4. The Kier molecular flexibility index (Phi) is 15.0. The molecule has 0 aromatic heterocycles. The molecule has 0 saturated carbocycles. The summed E-state index contributed by atoms with van der Waals surface area (Å²) in [5.74, 6) is 0.692. The summed E-state index contributed by atoms with van der Waals surface area (Å²) in [6.45, 7) is 13.2. The van der Waals surface area contributed by atoms with E-state index in [4.69, 9.17) is 4.79 Å². The van der Waals surface area contributed by atoms with Crippen LogP contribution in [-0.4, -0.2) is 132 Å². The van der Waals surface area contributed by atoms with Crippen molar-refractivity contribution in [2.75, 3.05) is 59.3 Å². The number of phenols is 2. The largest absolute Gasteiger partial charge is 0.508 e. The zero-order valence-corrected chi connectivity index (χ0v) is 40.0. The van der Waals surface area contributed by atoms with Crippen LogP contribution in [0.3, 0.4) is 0 Å². The summed E-state index contributed by atoms with van der Waals surface area (Å²) in [7, 11) is -1.88. The van der Waals surface area contributed by atoms with Gasteiger partial charge in [0.25, 0.3) is 0 Å². The highest BCUT2D eigenvalue weighted by Gasteiger charge is 2.52. The second-order valence-corrected chi connectivity index (χ2v) is 22.6. The van der Waals surface area contributed by atoms with E-state index in [1.54, 1.807) is 30.3 Å². The lowest BCUT2D eigenvalue weighted by atomic mass is 9.61. The van der Waals surface area contributed by atoms with E-state index in [0.717, 1.165) is 88.7 Å². The van der Waals surface area contributed by atoms with E-state index in [1.165, 1.54) is 41.7 Å². The number of piperidine rings is 2. The Balaban J connectivity index is 0.000000198. The molecule has 11 nitrogen and oxygen atoms in total. The first kappa shape index (κ1) is 48.3. The van der Waals surface area contributed by atoms with Gasteiger partial charge < -0.3 is 30.1 Å². The Bertz CT molecular complexity index is 2450. The number of likely N-dealkylation sites (tertiary alicyclic amines) is 2. The highest BCUT2D eigenvalue weighted by atomic mass is 32.2. The third-order valence-electron chi connectivity index (χ3n) is 14.4. The van der Waals surface area contributed by atoms with E-state index in [0.29, 0.717) is 45.5 Å². The van der Waals surface area contributed by atoms with Gasteiger partial charge in [-0.3, -0.25) is 4.90 Å². The van der Waals surface area contributed by atoms with Gasteiger partial charge in [-0.15, -0.1) is 0 Å². The number of aldehydes is 1. The zero-order valence-electron chi connectivity index (χ0n) is 38.3. The van der Waals surface area contributed by atoms with E-state index < -0.39 is 19.7 Å². The standard InChI is InChI=1S/C25H34N2O3S.C23H30N2O3S.C2H4O/c1-5-27(14-12-18-6-10-21(11-7-18)31(4,29)30)24-23-16-19-8-9-20(28)17-22(19)25(24,2)13-15-26(23)3;1-23-11-13-25(2)21(14-17-6-7-18(26)15-20(17)23)22(23)24-12-10-16-4-8-19(9-5-16)29(3,27)28;1-2-3/h6-11,17,23-24,28H,5,12-16H2,1-4H3;4-9,15,21-22,24,26H,10-14H2,1-3H3;2H,1H3/t23-,24+,25-;21-,22+,23-;/m11./s1. The molecule has 63 heavy (non-hydrogen) atoms. The summed E-state index contributed by atoms with van der Waals surface area (Å²) in [5, 5.41) is 24.1. The van der Waals surface area contributed by atoms with Crippen molar-refractivity contribution >= 4 is 26.0 Å². The molecule has 3 N–H and O–H groups in total. The molecule has 4 aliphatic rings. The van der Waals surface area contributed by atoms with E-state index >= 15 is 0 Å². The van der Waals surface area contributed by atoms with Crippen LogP contribution < -0.4 is 5.32 Å². The number of carbonyl (C=O) groups is 1. The summed E-state index contributed by atoms with van der Waals surface area (Å²) in [6, 6.07) is 27.8. The summed E-state index contributed by atoms with van der Waals surface area (Å²) in [5.41, 5.74) is 7.56. The minimum absolute atomic E-state index is 0.000341. The Morgan fingerprint density at radius 1 is 0.714 bits per heavy atom. The van der Waals surface area contributed by atoms with E-state index in [9.17, 15) is 27.0 Å². The molecule has 0 radical (unpaired) electrons. The third-order valence-corrected chi connectivity index (χ3v) is 16.7. The number of likely N-dealkylation sites (N-methyl/N-ethyl adjacent to an activating group) is 3. The van der Waals surface area contributed by atoms with Crippen molar-refractivity contribution in [1.29, 1.82) is 0 Å². The maximum absolute atomic E-state index is 11.7. The fourth-order valence-electron chi connectivity index (χ4n) is 10.9. The third kappa shape index (κ3) is 10.6. The van der Waals surface area contributed by atoms with Crippen LogP contribution in [0.15, 0.2) is 94.7 Å². The zero-order chi connectivity index (χ0) is 45.9. The second-order valence-electron chi connectivity index (χ2n) is 18.6. The van der Waals surface area contributed by atoms with Crippen molar-refractivity contribution in [2.24, 2.45) is 0 Å². The quantitative estimate of drug-likeness (QED) is 0.153. The lowest BCUT2D eigenvalue weighted by Gasteiger charge is -2.58. The van der Waals surface area contributed by atoms with Gasteiger partial charge in [-0.1, -0.05) is 57.2 Å². The first-order chi connectivity index (χ1) is 29.7. The topological polar surface area (TPSA) is 148 Å². The summed E-state index contributed by atoms with van der Waals surface area (Å²) >= 11 is 0. The Morgan fingerprint density at radius 3 is 1.65 bits per heavy atom. The number of carbonyl (C=O) groups excluding carboxylic acids is 1. The van der Waals surface area contributed by atoms with Crippen LogP contribution in [0.1, 0.15) is 73.9 Å². The molecular weight excluding hydrogens is 833 g/mol. The highest BCUT2D eigenvalue weighted by Crippen LogP contribution is 2.48. The van der Waals surface area contributed by atoms with Gasteiger partial charge in [0.05, 0.1) is 9.79 Å². The second kappa shape index (κ2) is 19.6. The fourth-order valence-corrected chi connectivity index (χ4v) is 12.1. The molecule has 2 aliphatic carbocycles. The van der Waals surface area contributed by atoms with Crippen molar-refractivity contribution in [3.05, 3.63) is 118 Å². The molecule has 4 aromatic carbocycles. The van der Waals surface area contributed by atoms with Gasteiger partial charge in [0.15, 0.2) is 19.7 Å². The number of hydrogen-bond donors (Lipinski definition) is 3. The molecule has 4 bridgehead atoms. The molecule has 4 aromatic rings. The van der Waals surface area contributed by atoms with Gasteiger partial charge >= 0.3 is 0 Å². The van der Waals surface area contributed by atoms with Crippen LogP contribution in [-0.2, 0) is 61.0 Å². The van der Waals surface area contributed by atoms with Crippen molar-refractivity contribution in [2.45, 2.75) is 111 Å². The Morgan fingerprint density at radius 2 is 1.16 bits per heavy atom. The fraction of sp³-hybridized carbons (Fsp3) is 0.500. The van der Waals surface area contributed by atoms with Crippen LogP contribution in [0.2, 0.25) is 0 Å². The predicted octanol–water partition coefficient (Wildman–Crippen LogP) is 5.97. The van der Waals surface area contributed by atoms with E-state index in [-0.39, 0.29) is 10.8 Å². The van der Waals surface area contributed by atoms with Crippen LogP contribution in [0.25, 0.3) is 0 Å². The molecule has 2 aliphatic heterocycles. The molecule has 2 saturated heterocycles. The summed E-state index contributed by atoms with van der Waals surface area (Å²) in [6.07, 6.45) is 9.08. The SMILES string of the molecule is CC=O.CCN(CCc1ccc(S(C)(=O)=O)cc1)[C@H]1[C@H]2Cc3ccc(O)cc3[C@@]1(C)CCN2C.CN1CC[C@]2(C)c3cc(O)ccc3C[C@@H]1[C@@H]2NCCc1ccc(S(C)(=O)=O)cc1. The minimum atomic E-state index is -3.17. The average Bonchev–Trinajstić information content (AvgIpc) is 3.23. The number of hydrogen-bond acceptors (Lipinski definition) is 11. The molecule has 0 unspecified atom stereocenters. The Labute approximate surface area is 376 Å². The lowest BCUT2D eigenvalue weighted by Crippen LogP contribution is -2.67. The average molecular weight is 901 g/mol. The summed E-state index contributed by atoms with van der Waals surface area (Å²) < 4.78 is 46.7. The number of nitrogens with one attached hydrogen (secondary N) is 1. The van der Waals surface area contributed by atoms with Gasteiger partial charge in [-0.25, -0.2) is 16.8 Å². The number of nitrogens with zero attached hydrogens (tertiary/aromatic N) is 3. The number of benzene rings is 4. The van der Waals surface area contributed by atoms with Gasteiger partial charge in [0, 0.05) is 54.1 Å². The number of fused-ring (bicyclic) bond motifs is 8. The van der Waals surface area contributed by atoms with Gasteiger partial charge in [-0.2, -0.15) is 0 Å². The lowest BCUT2D eigenvalue weighted by molar-refractivity contribution is -0.106. The van der Waals surface area contributed by atoms with Crippen molar-refractivity contribution in [1.82, 2.24) is 20.0 Å². The molecule has 342 valence electrons. The molecule has 2 heterocycles. The molecule has 6 atom stereocenters. The first-order valence-corrected chi connectivity index (χ1v) is 26.0. The molecule has 8 rings (SSSR count). The van der Waals surface area contributed by atoms with Gasteiger partial charge in [0.1, 0.15) is 17.8 Å². The van der Waals surface area contributed by atoms with Gasteiger partial charge in [-0.05, 0) is 168 Å². The molecule has 13 heteroatoms. The van der Waals surface area contributed by atoms with Crippen molar-refractivity contribution in [3.8, 4) is 11.5 Å². The molecule has 0 spiro atoms. The number of phenolic OH excluding ortho intramolecular Hbond substituents is 2. The summed E-state index contributed by atoms with van der Waals surface area (Å²) in [4.78, 5) is 17.1. The maximum atomic E-state index is 11.7. The number of aromatic hydroxyl groups is 2.